The molecule has 2 aromatic carbocycles. The number of ether oxygens (including phenoxy) is 1. The Hall–Kier alpha value is -3.16. The van der Waals surface area contributed by atoms with Gasteiger partial charge in [0.2, 0.25) is 11.8 Å². The molecule has 0 saturated carbocycles. The normalized spacial score (nSPS) is 19.2. The van der Waals surface area contributed by atoms with Gasteiger partial charge in [0.05, 0.1) is 18.4 Å². The van der Waals surface area contributed by atoms with Crippen molar-refractivity contribution in [1.29, 1.82) is 0 Å². The number of aryl methyl sites for hydroxylation is 1. The summed E-state index contributed by atoms with van der Waals surface area (Å²) in [5.41, 5.74) is 2.55. The predicted molar refractivity (Wildman–Crippen MR) is 106 cm³/mol. The Morgan fingerprint density at radius 1 is 1.03 bits per heavy atom. The van der Waals surface area contributed by atoms with E-state index in [1.807, 2.05) is 42.1 Å². The van der Waals surface area contributed by atoms with Crippen LogP contribution in [-0.2, 0) is 16.6 Å². The van der Waals surface area contributed by atoms with Crippen molar-refractivity contribution in [3.63, 3.8) is 0 Å². The fourth-order valence-electron chi connectivity index (χ4n) is 3.92. The molecule has 4 rings (SSSR count). The molecular formula is C22H22N2O5. The average molecular weight is 394 g/mol. The van der Waals surface area contributed by atoms with Crippen LogP contribution in [0.5, 0.6) is 5.75 Å². The van der Waals surface area contributed by atoms with Gasteiger partial charge in [-0.05, 0) is 29.3 Å². The number of aliphatic hydroxyl groups is 2. The number of nitrogens with zero attached hydrogens (tertiary/aromatic N) is 1. The molecule has 0 radical (unpaired) electrons. The molecule has 150 valence electrons. The molecule has 0 unspecified atom stereocenters. The van der Waals surface area contributed by atoms with Crippen LogP contribution in [0.4, 0.5) is 0 Å². The van der Waals surface area contributed by atoms with Crippen molar-refractivity contribution >= 4 is 22.7 Å². The molecule has 0 bridgehead atoms. The van der Waals surface area contributed by atoms with Gasteiger partial charge in [-0.2, -0.15) is 0 Å². The van der Waals surface area contributed by atoms with Gasteiger partial charge in [-0.3, -0.25) is 14.9 Å². The highest BCUT2D eigenvalue weighted by molar-refractivity contribution is 6.11. The van der Waals surface area contributed by atoms with Crippen molar-refractivity contribution in [3.8, 4) is 5.75 Å². The van der Waals surface area contributed by atoms with E-state index < -0.39 is 18.1 Å². The standard InChI is InChI=1S/C22H22N2O5/c1-24-12-16(15-4-2-3-5-17(15)24)20-19(21(27)23-22(20)28)13-6-8-14(9-7-13)29-11-10-18(25)26/h2-9,12,18-20,25-26H,10-11H2,1H3,(H,23,27,28)/t19-,20-/m0/s1. The monoisotopic (exact) mass is 394 g/mol. The maximum atomic E-state index is 12.7. The lowest BCUT2D eigenvalue weighted by Crippen LogP contribution is -2.21. The van der Waals surface area contributed by atoms with Gasteiger partial charge in [-0.25, -0.2) is 0 Å². The maximum Gasteiger partial charge on any atom is 0.235 e. The zero-order chi connectivity index (χ0) is 20.5. The number of aliphatic hydroxyl groups excluding tert-OH is 1. The molecule has 2 amide bonds. The Labute approximate surface area is 167 Å². The summed E-state index contributed by atoms with van der Waals surface area (Å²) in [5, 5.41) is 21.2. The lowest BCUT2D eigenvalue weighted by Gasteiger charge is -2.16. The number of carbonyl (C=O) groups excluding carboxylic acids is 2. The number of carbonyl (C=O) groups is 2. The van der Waals surface area contributed by atoms with Gasteiger partial charge in [-0.15, -0.1) is 0 Å². The topological polar surface area (TPSA) is 101 Å². The maximum absolute atomic E-state index is 12.7. The first-order chi connectivity index (χ1) is 14.0. The number of amides is 2. The number of fused-ring (bicyclic) bond motifs is 1. The van der Waals surface area contributed by atoms with Crippen LogP contribution >= 0.6 is 0 Å². The third-order valence-corrected chi connectivity index (χ3v) is 5.29. The fraction of sp³-hybridized carbons (Fsp3) is 0.273. The third kappa shape index (κ3) is 3.62. The van der Waals surface area contributed by atoms with Gasteiger partial charge in [-0.1, -0.05) is 30.3 Å². The van der Waals surface area contributed by atoms with Gasteiger partial charge in [0.15, 0.2) is 6.29 Å². The average Bonchev–Trinajstić information content (AvgIpc) is 3.18. The van der Waals surface area contributed by atoms with Crippen LogP contribution in [0.15, 0.2) is 54.7 Å². The summed E-state index contributed by atoms with van der Waals surface area (Å²) in [4.78, 5) is 25.3. The largest absolute Gasteiger partial charge is 0.493 e. The molecule has 1 aromatic heterocycles. The van der Waals surface area contributed by atoms with Crippen LogP contribution in [0, 0.1) is 0 Å². The van der Waals surface area contributed by atoms with Crippen molar-refractivity contribution in [1.82, 2.24) is 9.88 Å². The minimum atomic E-state index is -1.41. The minimum Gasteiger partial charge on any atom is -0.493 e. The number of hydrogen-bond acceptors (Lipinski definition) is 5. The Balaban J connectivity index is 1.65. The molecule has 7 heteroatoms. The highest BCUT2D eigenvalue weighted by Crippen LogP contribution is 2.41. The molecule has 7 nitrogen and oxygen atoms in total. The molecule has 1 aliphatic heterocycles. The summed E-state index contributed by atoms with van der Waals surface area (Å²) in [6.45, 7) is 0.165. The van der Waals surface area contributed by atoms with Crippen molar-refractivity contribution in [2.45, 2.75) is 24.5 Å². The van der Waals surface area contributed by atoms with E-state index in [0.29, 0.717) is 5.75 Å². The highest BCUT2D eigenvalue weighted by atomic mass is 16.5. The van der Waals surface area contributed by atoms with Crippen LogP contribution in [0.1, 0.15) is 29.4 Å². The molecule has 1 aliphatic rings. The number of nitrogens with one attached hydrogen (secondary N) is 1. The fourth-order valence-corrected chi connectivity index (χ4v) is 3.92. The molecule has 2 atom stereocenters. The van der Waals surface area contributed by atoms with Gasteiger partial charge in [0, 0.05) is 30.6 Å². The number of imide groups is 1. The van der Waals surface area contributed by atoms with Crippen LogP contribution < -0.4 is 10.1 Å². The highest BCUT2D eigenvalue weighted by Gasteiger charge is 2.44. The number of benzene rings is 2. The summed E-state index contributed by atoms with van der Waals surface area (Å²) in [5.74, 6) is -1.29. The summed E-state index contributed by atoms with van der Waals surface area (Å²) >= 11 is 0. The number of para-hydroxylation sites is 1. The Bertz CT molecular complexity index is 1050. The molecule has 1 fully saturated rings. The van der Waals surface area contributed by atoms with Crippen LogP contribution in [0.3, 0.4) is 0 Å². The van der Waals surface area contributed by atoms with Crippen molar-refractivity contribution in [2.24, 2.45) is 7.05 Å². The van der Waals surface area contributed by atoms with E-state index in [-0.39, 0.29) is 24.8 Å². The number of hydrogen-bond donors (Lipinski definition) is 3. The van der Waals surface area contributed by atoms with Crippen LogP contribution in [0.2, 0.25) is 0 Å². The predicted octanol–water partition coefficient (Wildman–Crippen LogP) is 1.78. The van der Waals surface area contributed by atoms with E-state index in [4.69, 9.17) is 14.9 Å². The second-order valence-electron chi connectivity index (χ2n) is 7.21. The zero-order valence-corrected chi connectivity index (χ0v) is 15.9. The summed E-state index contributed by atoms with van der Waals surface area (Å²) < 4.78 is 7.43. The van der Waals surface area contributed by atoms with Crippen LogP contribution in [0.25, 0.3) is 10.9 Å². The second kappa shape index (κ2) is 7.69. The smallest absolute Gasteiger partial charge is 0.235 e. The number of aromatic nitrogens is 1. The van der Waals surface area contributed by atoms with E-state index in [1.165, 1.54) is 0 Å². The van der Waals surface area contributed by atoms with E-state index in [0.717, 1.165) is 22.0 Å². The Morgan fingerprint density at radius 3 is 2.45 bits per heavy atom. The zero-order valence-electron chi connectivity index (χ0n) is 15.9. The van der Waals surface area contributed by atoms with Gasteiger partial charge in [0.1, 0.15) is 5.75 Å². The summed E-state index contributed by atoms with van der Waals surface area (Å²) in [6, 6.07) is 14.8. The molecule has 3 aromatic rings. The van der Waals surface area contributed by atoms with E-state index >= 15 is 0 Å². The van der Waals surface area contributed by atoms with Crippen molar-refractivity contribution in [2.75, 3.05) is 6.61 Å². The van der Waals surface area contributed by atoms with Gasteiger partial charge in [0.25, 0.3) is 0 Å². The van der Waals surface area contributed by atoms with Gasteiger partial charge >= 0.3 is 0 Å². The minimum absolute atomic E-state index is 0.102. The Morgan fingerprint density at radius 2 is 1.72 bits per heavy atom. The first-order valence-electron chi connectivity index (χ1n) is 9.43. The summed E-state index contributed by atoms with van der Waals surface area (Å²) in [7, 11) is 1.92. The second-order valence-corrected chi connectivity index (χ2v) is 7.21. The quantitative estimate of drug-likeness (QED) is 0.437. The van der Waals surface area contributed by atoms with Crippen LogP contribution in [-0.4, -0.2) is 39.5 Å². The molecule has 2 heterocycles. The van der Waals surface area contributed by atoms with E-state index in [2.05, 4.69) is 5.32 Å². The lowest BCUT2D eigenvalue weighted by atomic mass is 9.83. The molecule has 29 heavy (non-hydrogen) atoms. The molecule has 0 aliphatic carbocycles. The first-order valence-corrected chi connectivity index (χ1v) is 9.43. The van der Waals surface area contributed by atoms with Crippen molar-refractivity contribution in [3.05, 3.63) is 65.9 Å². The Kier molecular flexibility index (Phi) is 5.08. The number of rotatable bonds is 6. The third-order valence-electron chi connectivity index (χ3n) is 5.29. The summed E-state index contributed by atoms with van der Waals surface area (Å²) in [6.07, 6.45) is 0.603. The van der Waals surface area contributed by atoms with E-state index in [9.17, 15) is 9.59 Å². The van der Waals surface area contributed by atoms with E-state index in [1.54, 1.807) is 24.3 Å². The van der Waals surface area contributed by atoms with Gasteiger partial charge < -0.3 is 19.5 Å². The first kappa shape index (κ1) is 19.2. The lowest BCUT2D eigenvalue weighted by molar-refractivity contribution is -0.125. The van der Waals surface area contributed by atoms with Crippen molar-refractivity contribution < 1.29 is 24.5 Å². The molecule has 0 spiro atoms. The molecule has 1 saturated heterocycles. The molecular weight excluding hydrogens is 372 g/mol. The molecule has 3 N–H and O–H groups in total. The SMILES string of the molecule is Cn1cc([C@@H]2C(=O)NC(=O)[C@H]2c2ccc(OCCC(O)O)cc2)c2ccccc21.